The number of amides is 1. The first-order chi connectivity index (χ1) is 9.20. The van der Waals surface area contributed by atoms with E-state index in [1.807, 2.05) is 42.2 Å². The second-order valence-corrected chi connectivity index (χ2v) is 5.05. The molecule has 2 atom stereocenters. The van der Waals surface area contributed by atoms with Crippen molar-refractivity contribution in [2.75, 3.05) is 13.1 Å². The van der Waals surface area contributed by atoms with E-state index in [1.54, 1.807) is 0 Å². The normalized spacial score (nSPS) is 23.2. The third kappa shape index (κ3) is 3.70. The van der Waals surface area contributed by atoms with Gasteiger partial charge >= 0.3 is 6.09 Å². The molecular weight excluding hydrogens is 240 g/mol. The van der Waals surface area contributed by atoms with E-state index in [2.05, 4.69) is 12.2 Å². The highest BCUT2D eigenvalue weighted by atomic mass is 16.6. The van der Waals surface area contributed by atoms with Crippen LogP contribution in [-0.4, -0.2) is 36.2 Å². The Labute approximate surface area is 114 Å². The summed E-state index contributed by atoms with van der Waals surface area (Å²) in [7, 11) is 0. The van der Waals surface area contributed by atoms with Crippen molar-refractivity contribution in [1.29, 1.82) is 0 Å². The lowest BCUT2D eigenvalue weighted by Crippen LogP contribution is -2.57. The summed E-state index contributed by atoms with van der Waals surface area (Å²) in [6.07, 6.45) is 0.811. The molecule has 1 N–H and O–H groups in total. The molecule has 2 rings (SSSR count). The fraction of sp³-hybridized carbons (Fsp3) is 0.533. The Bertz CT molecular complexity index is 408. The summed E-state index contributed by atoms with van der Waals surface area (Å²) in [6, 6.07) is 10.3. The Kier molecular flexibility index (Phi) is 4.80. The van der Waals surface area contributed by atoms with Gasteiger partial charge in [-0.25, -0.2) is 4.79 Å². The maximum Gasteiger partial charge on any atom is 0.410 e. The number of carbonyl (C=O) groups is 1. The smallest absolute Gasteiger partial charge is 0.410 e. The van der Waals surface area contributed by atoms with E-state index >= 15 is 0 Å². The SMILES string of the molecule is CC[C@@H]1CN(C(=O)OCc2ccccc2)[C@@H](C)CN1. The van der Waals surface area contributed by atoms with E-state index in [0.717, 1.165) is 25.1 Å². The zero-order chi connectivity index (χ0) is 13.7. The highest BCUT2D eigenvalue weighted by molar-refractivity contribution is 5.68. The molecule has 0 unspecified atom stereocenters. The Morgan fingerprint density at radius 1 is 1.42 bits per heavy atom. The van der Waals surface area contributed by atoms with Crippen LogP contribution in [0.3, 0.4) is 0 Å². The molecule has 1 aromatic rings. The quantitative estimate of drug-likeness (QED) is 0.909. The lowest BCUT2D eigenvalue weighted by atomic mass is 10.1. The Balaban J connectivity index is 1.88. The van der Waals surface area contributed by atoms with Gasteiger partial charge in [0.25, 0.3) is 0 Å². The van der Waals surface area contributed by atoms with Gasteiger partial charge in [0.1, 0.15) is 6.61 Å². The molecule has 0 spiro atoms. The van der Waals surface area contributed by atoms with Crippen molar-refractivity contribution in [2.24, 2.45) is 0 Å². The molecule has 1 saturated heterocycles. The molecule has 0 bridgehead atoms. The predicted octanol–water partition coefficient (Wildman–Crippen LogP) is 2.40. The molecule has 1 heterocycles. The van der Waals surface area contributed by atoms with Crippen LogP contribution < -0.4 is 5.32 Å². The summed E-state index contributed by atoms with van der Waals surface area (Å²) in [5.41, 5.74) is 1.02. The number of benzene rings is 1. The molecule has 0 radical (unpaired) electrons. The highest BCUT2D eigenvalue weighted by Gasteiger charge is 2.28. The minimum Gasteiger partial charge on any atom is -0.445 e. The van der Waals surface area contributed by atoms with E-state index in [1.165, 1.54) is 0 Å². The summed E-state index contributed by atoms with van der Waals surface area (Å²) in [5.74, 6) is 0. The van der Waals surface area contributed by atoms with Gasteiger partial charge < -0.3 is 15.0 Å². The zero-order valence-electron chi connectivity index (χ0n) is 11.6. The van der Waals surface area contributed by atoms with Crippen molar-refractivity contribution >= 4 is 6.09 Å². The molecule has 104 valence electrons. The second-order valence-electron chi connectivity index (χ2n) is 5.05. The summed E-state index contributed by atoms with van der Waals surface area (Å²) >= 11 is 0. The van der Waals surface area contributed by atoms with Crippen molar-refractivity contribution < 1.29 is 9.53 Å². The number of hydrogen-bond donors (Lipinski definition) is 1. The number of piperazine rings is 1. The molecule has 0 aromatic heterocycles. The largest absolute Gasteiger partial charge is 0.445 e. The summed E-state index contributed by atoms with van der Waals surface area (Å²) < 4.78 is 5.39. The maximum atomic E-state index is 12.1. The number of nitrogens with one attached hydrogen (secondary N) is 1. The summed E-state index contributed by atoms with van der Waals surface area (Å²) in [5, 5.41) is 3.43. The van der Waals surface area contributed by atoms with E-state index in [4.69, 9.17) is 4.74 Å². The topological polar surface area (TPSA) is 41.6 Å². The van der Waals surface area contributed by atoms with Crippen LogP contribution in [0.1, 0.15) is 25.8 Å². The van der Waals surface area contributed by atoms with Crippen LogP contribution in [0.4, 0.5) is 4.79 Å². The Hall–Kier alpha value is -1.55. The first-order valence-corrected chi connectivity index (χ1v) is 6.91. The van der Waals surface area contributed by atoms with Crippen LogP contribution in [0, 0.1) is 0 Å². The van der Waals surface area contributed by atoms with Gasteiger partial charge in [0.05, 0.1) is 0 Å². The van der Waals surface area contributed by atoms with E-state index < -0.39 is 0 Å². The number of nitrogens with zero attached hydrogens (tertiary/aromatic N) is 1. The minimum atomic E-state index is -0.212. The van der Waals surface area contributed by atoms with Gasteiger partial charge in [-0.2, -0.15) is 0 Å². The molecule has 1 aliphatic heterocycles. The standard InChI is InChI=1S/C15H22N2O2/c1-3-14-10-17(12(2)9-16-14)15(18)19-11-13-7-5-4-6-8-13/h4-8,12,14,16H,3,9-11H2,1-2H3/t12-,14+/m0/s1. The minimum absolute atomic E-state index is 0.186. The lowest BCUT2D eigenvalue weighted by molar-refractivity contribution is 0.0666. The monoisotopic (exact) mass is 262 g/mol. The number of carbonyl (C=O) groups excluding carboxylic acids is 1. The van der Waals surface area contributed by atoms with Gasteiger partial charge in [-0.15, -0.1) is 0 Å². The fourth-order valence-corrected chi connectivity index (χ4v) is 2.26. The molecule has 0 aliphatic carbocycles. The van der Waals surface area contributed by atoms with Crippen LogP contribution in [0.25, 0.3) is 0 Å². The van der Waals surface area contributed by atoms with E-state index in [9.17, 15) is 4.79 Å². The average molecular weight is 262 g/mol. The molecule has 1 amide bonds. The van der Waals surface area contributed by atoms with Gasteiger partial charge in [-0.3, -0.25) is 0 Å². The van der Waals surface area contributed by atoms with Crippen molar-refractivity contribution in [3.63, 3.8) is 0 Å². The van der Waals surface area contributed by atoms with Gasteiger partial charge in [0.15, 0.2) is 0 Å². The number of hydrogen-bond acceptors (Lipinski definition) is 3. The Morgan fingerprint density at radius 3 is 2.84 bits per heavy atom. The molecule has 4 nitrogen and oxygen atoms in total. The maximum absolute atomic E-state index is 12.1. The van der Waals surface area contributed by atoms with Crippen molar-refractivity contribution in [1.82, 2.24) is 10.2 Å². The van der Waals surface area contributed by atoms with E-state index in [0.29, 0.717) is 12.6 Å². The van der Waals surface area contributed by atoms with Gasteiger partial charge in [0, 0.05) is 25.2 Å². The molecule has 1 fully saturated rings. The van der Waals surface area contributed by atoms with Crippen molar-refractivity contribution in [3.8, 4) is 0 Å². The fourth-order valence-electron chi connectivity index (χ4n) is 2.26. The van der Waals surface area contributed by atoms with E-state index in [-0.39, 0.29) is 12.1 Å². The molecule has 1 aromatic carbocycles. The third-order valence-electron chi connectivity index (χ3n) is 3.58. The first-order valence-electron chi connectivity index (χ1n) is 6.91. The van der Waals surface area contributed by atoms with Crippen molar-refractivity contribution in [2.45, 2.75) is 39.0 Å². The predicted molar refractivity (Wildman–Crippen MR) is 74.9 cm³/mol. The van der Waals surface area contributed by atoms with Crippen LogP contribution in [-0.2, 0) is 11.3 Å². The summed E-state index contributed by atoms with van der Waals surface area (Å²) in [4.78, 5) is 13.9. The Morgan fingerprint density at radius 2 is 2.16 bits per heavy atom. The second kappa shape index (κ2) is 6.57. The van der Waals surface area contributed by atoms with Crippen LogP contribution in [0.15, 0.2) is 30.3 Å². The first kappa shape index (κ1) is 13.9. The molecular formula is C15H22N2O2. The third-order valence-corrected chi connectivity index (χ3v) is 3.58. The number of rotatable bonds is 3. The average Bonchev–Trinajstić information content (AvgIpc) is 2.46. The van der Waals surface area contributed by atoms with Gasteiger partial charge in [0.2, 0.25) is 0 Å². The van der Waals surface area contributed by atoms with Crippen molar-refractivity contribution in [3.05, 3.63) is 35.9 Å². The van der Waals surface area contributed by atoms with Crippen LogP contribution in [0.5, 0.6) is 0 Å². The highest BCUT2D eigenvalue weighted by Crippen LogP contribution is 2.11. The summed E-state index contributed by atoms with van der Waals surface area (Å²) in [6.45, 7) is 6.07. The van der Waals surface area contributed by atoms with Crippen LogP contribution >= 0.6 is 0 Å². The lowest BCUT2D eigenvalue weighted by Gasteiger charge is -2.37. The van der Waals surface area contributed by atoms with Gasteiger partial charge in [-0.1, -0.05) is 37.3 Å². The molecule has 4 heteroatoms. The molecule has 1 aliphatic rings. The molecule has 0 saturated carbocycles. The number of ether oxygens (including phenoxy) is 1. The van der Waals surface area contributed by atoms with Crippen LogP contribution in [0.2, 0.25) is 0 Å². The van der Waals surface area contributed by atoms with Gasteiger partial charge in [-0.05, 0) is 18.9 Å². The molecule has 19 heavy (non-hydrogen) atoms. The zero-order valence-corrected chi connectivity index (χ0v) is 11.6.